The van der Waals surface area contributed by atoms with Crippen LogP contribution in [0.1, 0.15) is 18.2 Å². The van der Waals surface area contributed by atoms with Gasteiger partial charge in [0.2, 0.25) is 0 Å². The number of nitrogens with one attached hydrogen (secondary N) is 1. The number of H-pyrrole nitrogens is 1. The summed E-state index contributed by atoms with van der Waals surface area (Å²) in [6, 6.07) is 8.95. The van der Waals surface area contributed by atoms with Crippen molar-refractivity contribution >= 4 is 10.9 Å². The molecule has 1 heterocycles. The lowest BCUT2D eigenvalue weighted by molar-refractivity contribution is 0.266. The van der Waals surface area contributed by atoms with Crippen molar-refractivity contribution in [2.45, 2.75) is 26.3 Å². The number of aromatic nitrogens is 1. The zero-order valence-electron chi connectivity index (χ0n) is 11.5. The van der Waals surface area contributed by atoms with E-state index in [-0.39, 0.29) is 0 Å². The minimum absolute atomic E-state index is 0.440. The second-order valence-corrected chi connectivity index (χ2v) is 5.09. The van der Waals surface area contributed by atoms with Crippen LogP contribution in [0, 0.1) is 6.92 Å². The number of hydrogen-bond acceptors (Lipinski definition) is 2. The number of likely N-dealkylation sites (N-methyl/N-ethyl adjacent to an activating group) is 1. The van der Waals surface area contributed by atoms with E-state index in [4.69, 9.17) is 5.73 Å². The van der Waals surface area contributed by atoms with Crippen molar-refractivity contribution in [3.8, 4) is 0 Å². The smallest absolute Gasteiger partial charge is 0.0458 e. The van der Waals surface area contributed by atoms with Gasteiger partial charge in [-0.2, -0.15) is 0 Å². The van der Waals surface area contributed by atoms with E-state index in [1.54, 1.807) is 0 Å². The van der Waals surface area contributed by atoms with Crippen molar-refractivity contribution < 1.29 is 0 Å². The molecule has 2 rings (SSSR count). The van der Waals surface area contributed by atoms with E-state index in [0.717, 1.165) is 13.0 Å². The Labute approximate surface area is 109 Å². The largest absolute Gasteiger partial charge is 0.358 e. The standard InChI is InChI=1S/C15H23N3/c1-11(10-16)18(3)9-8-13-12(2)17-15-7-5-4-6-14(13)15/h4-7,11,17H,8-10,16H2,1-3H3. The van der Waals surface area contributed by atoms with E-state index < -0.39 is 0 Å². The third-order valence-corrected chi connectivity index (χ3v) is 3.84. The highest BCUT2D eigenvalue weighted by atomic mass is 15.1. The van der Waals surface area contributed by atoms with Gasteiger partial charge in [0.05, 0.1) is 0 Å². The molecule has 2 aromatic rings. The number of nitrogens with zero attached hydrogens (tertiary/aromatic N) is 1. The van der Waals surface area contributed by atoms with Crippen LogP contribution in [0.25, 0.3) is 10.9 Å². The molecule has 3 N–H and O–H groups in total. The van der Waals surface area contributed by atoms with Crippen LogP contribution in [0.3, 0.4) is 0 Å². The molecule has 0 saturated carbocycles. The van der Waals surface area contributed by atoms with Crippen LogP contribution in [0.4, 0.5) is 0 Å². The first-order chi connectivity index (χ1) is 8.63. The summed E-state index contributed by atoms with van der Waals surface area (Å²) in [6.07, 6.45) is 1.07. The summed E-state index contributed by atoms with van der Waals surface area (Å²) in [6.45, 7) is 6.08. The monoisotopic (exact) mass is 245 g/mol. The first kappa shape index (κ1) is 13.1. The van der Waals surface area contributed by atoms with E-state index in [2.05, 4.69) is 55.0 Å². The van der Waals surface area contributed by atoms with Gasteiger partial charge in [0.1, 0.15) is 0 Å². The molecule has 1 atom stereocenters. The minimum Gasteiger partial charge on any atom is -0.358 e. The van der Waals surface area contributed by atoms with Crippen LogP contribution in [-0.4, -0.2) is 36.1 Å². The van der Waals surface area contributed by atoms with Crippen LogP contribution in [0.15, 0.2) is 24.3 Å². The number of fused-ring (bicyclic) bond motifs is 1. The first-order valence-electron chi connectivity index (χ1n) is 6.60. The second kappa shape index (κ2) is 5.55. The molecule has 3 heteroatoms. The minimum atomic E-state index is 0.440. The number of rotatable bonds is 5. The number of aryl methyl sites for hydroxylation is 1. The average molecular weight is 245 g/mol. The lowest BCUT2D eigenvalue weighted by Gasteiger charge is -2.23. The third-order valence-electron chi connectivity index (χ3n) is 3.84. The van der Waals surface area contributed by atoms with Gasteiger partial charge in [0.15, 0.2) is 0 Å². The fraction of sp³-hybridized carbons (Fsp3) is 0.467. The molecule has 1 aromatic carbocycles. The Bertz CT molecular complexity index is 515. The SMILES string of the molecule is Cc1[nH]c2ccccc2c1CCN(C)C(C)CN. The highest BCUT2D eigenvalue weighted by Crippen LogP contribution is 2.22. The topological polar surface area (TPSA) is 45.0 Å². The second-order valence-electron chi connectivity index (χ2n) is 5.09. The van der Waals surface area contributed by atoms with E-state index >= 15 is 0 Å². The molecule has 0 aliphatic heterocycles. The Morgan fingerprint density at radius 2 is 2.06 bits per heavy atom. The van der Waals surface area contributed by atoms with Gasteiger partial charge in [-0.15, -0.1) is 0 Å². The number of aromatic amines is 1. The average Bonchev–Trinajstić information content (AvgIpc) is 2.70. The Balaban J connectivity index is 2.14. The Morgan fingerprint density at radius 3 is 2.78 bits per heavy atom. The maximum atomic E-state index is 5.69. The van der Waals surface area contributed by atoms with Gasteiger partial charge < -0.3 is 15.6 Å². The molecule has 0 spiro atoms. The highest BCUT2D eigenvalue weighted by Gasteiger charge is 2.11. The first-order valence-corrected chi connectivity index (χ1v) is 6.60. The molecule has 18 heavy (non-hydrogen) atoms. The van der Waals surface area contributed by atoms with Crippen molar-refractivity contribution in [3.05, 3.63) is 35.5 Å². The molecule has 0 bridgehead atoms. The maximum Gasteiger partial charge on any atom is 0.0458 e. The molecule has 0 amide bonds. The molecule has 0 fully saturated rings. The summed E-state index contributed by atoms with van der Waals surface area (Å²) in [5.74, 6) is 0. The highest BCUT2D eigenvalue weighted by molar-refractivity contribution is 5.84. The lowest BCUT2D eigenvalue weighted by atomic mass is 10.1. The van der Waals surface area contributed by atoms with Crippen LogP contribution >= 0.6 is 0 Å². The summed E-state index contributed by atoms with van der Waals surface area (Å²) in [7, 11) is 2.14. The van der Waals surface area contributed by atoms with Gasteiger partial charge in [-0.25, -0.2) is 0 Å². The van der Waals surface area contributed by atoms with E-state index in [1.807, 2.05) is 0 Å². The number of para-hydroxylation sites is 1. The molecule has 1 unspecified atom stereocenters. The predicted molar refractivity (Wildman–Crippen MR) is 77.9 cm³/mol. The molecule has 3 nitrogen and oxygen atoms in total. The summed E-state index contributed by atoms with van der Waals surface area (Å²) in [5, 5.41) is 1.35. The molecular formula is C15H23N3. The predicted octanol–water partition coefficient (Wildman–Crippen LogP) is 2.30. The van der Waals surface area contributed by atoms with Crippen molar-refractivity contribution in [3.63, 3.8) is 0 Å². The van der Waals surface area contributed by atoms with Gasteiger partial charge in [-0.1, -0.05) is 18.2 Å². The van der Waals surface area contributed by atoms with Gasteiger partial charge in [0, 0.05) is 35.7 Å². The molecular weight excluding hydrogens is 222 g/mol. The third kappa shape index (κ3) is 2.57. The van der Waals surface area contributed by atoms with Crippen molar-refractivity contribution in [2.24, 2.45) is 5.73 Å². The van der Waals surface area contributed by atoms with E-state index in [1.165, 1.54) is 22.2 Å². The van der Waals surface area contributed by atoms with Gasteiger partial charge in [0.25, 0.3) is 0 Å². The summed E-state index contributed by atoms with van der Waals surface area (Å²) < 4.78 is 0. The van der Waals surface area contributed by atoms with Crippen molar-refractivity contribution in [1.82, 2.24) is 9.88 Å². The number of hydrogen-bond donors (Lipinski definition) is 2. The number of nitrogens with two attached hydrogens (primary N) is 1. The Hall–Kier alpha value is -1.32. The van der Waals surface area contributed by atoms with Crippen LogP contribution in [-0.2, 0) is 6.42 Å². The number of benzene rings is 1. The molecule has 98 valence electrons. The Morgan fingerprint density at radius 1 is 1.33 bits per heavy atom. The van der Waals surface area contributed by atoms with Crippen molar-refractivity contribution in [2.75, 3.05) is 20.1 Å². The molecule has 0 radical (unpaired) electrons. The van der Waals surface area contributed by atoms with E-state index in [9.17, 15) is 0 Å². The fourth-order valence-electron chi connectivity index (χ4n) is 2.35. The van der Waals surface area contributed by atoms with Gasteiger partial charge >= 0.3 is 0 Å². The fourth-order valence-corrected chi connectivity index (χ4v) is 2.35. The maximum absolute atomic E-state index is 5.69. The molecule has 1 aromatic heterocycles. The van der Waals surface area contributed by atoms with Gasteiger partial charge in [-0.05, 0) is 38.9 Å². The zero-order chi connectivity index (χ0) is 13.1. The summed E-state index contributed by atoms with van der Waals surface area (Å²) in [5.41, 5.74) is 9.64. The zero-order valence-corrected chi connectivity index (χ0v) is 11.5. The van der Waals surface area contributed by atoms with Crippen LogP contribution in [0.5, 0.6) is 0 Å². The van der Waals surface area contributed by atoms with Gasteiger partial charge in [-0.3, -0.25) is 0 Å². The molecule has 0 aliphatic rings. The van der Waals surface area contributed by atoms with Crippen LogP contribution < -0.4 is 5.73 Å². The quantitative estimate of drug-likeness (QED) is 0.849. The summed E-state index contributed by atoms with van der Waals surface area (Å²) >= 11 is 0. The molecule has 0 aliphatic carbocycles. The lowest BCUT2D eigenvalue weighted by Crippen LogP contribution is -2.36. The van der Waals surface area contributed by atoms with Crippen LogP contribution in [0.2, 0.25) is 0 Å². The Kier molecular flexibility index (Phi) is 4.04. The van der Waals surface area contributed by atoms with E-state index in [0.29, 0.717) is 12.6 Å². The summed E-state index contributed by atoms with van der Waals surface area (Å²) in [4.78, 5) is 5.77. The van der Waals surface area contributed by atoms with Crippen molar-refractivity contribution in [1.29, 1.82) is 0 Å². The normalized spacial score (nSPS) is 13.4. The molecule has 0 saturated heterocycles.